The average Bonchev–Trinajstić information content (AvgIpc) is 2.06. The van der Waals surface area contributed by atoms with Gasteiger partial charge in [-0.2, -0.15) is 5.26 Å². The Hall–Kier alpha value is -0.760. The van der Waals surface area contributed by atoms with Crippen LogP contribution in [0.3, 0.4) is 0 Å². The maximum atomic E-state index is 8.52. The van der Waals surface area contributed by atoms with Crippen LogP contribution in [-0.4, -0.2) is 4.61 Å². The molecule has 2 nitrogen and oxygen atoms in total. The fraction of sp³-hybridized carbons (Fsp3) is 0.125. The molecule has 0 aliphatic rings. The minimum Gasteiger partial charge on any atom is -0.483 e. The van der Waals surface area contributed by atoms with E-state index in [1.807, 2.05) is 12.1 Å². The molecular formula is C8H6INO. The van der Waals surface area contributed by atoms with E-state index in [4.69, 9.17) is 10.00 Å². The average molecular weight is 259 g/mol. The monoisotopic (exact) mass is 259 g/mol. The van der Waals surface area contributed by atoms with Crippen molar-refractivity contribution in [3.8, 4) is 11.8 Å². The lowest BCUT2D eigenvalue weighted by Gasteiger charge is -1.99. The number of ether oxygens (including phenoxy) is 1. The van der Waals surface area contributed by atoms with Gasteiger partial charge >= 0.3 is 0 Å². The number of hydrogen-bond acceptors (Lipinski definition) is 2. The van der Waals surface area contributed by atoms with E-state index in [1.165, 1.54) is 0 Å². The van der Waals surface area contributed by atoms with E-state index in [0.717, 1.165) is 5.75 Å². The van der Waals surface area contributed by atoms with Gasteiger partial charge in [0.2, 0.25) is 0 Å². The fourth-order valence-corrected chi connectivity index (χ4v) is 1.08. The summed E-state index contributed by atoms with van der Waals surface area (Å²) in [6, 6.07) is 9.15. The van der Waals surface area contributed by atoms with Crippen LogP contribution >= 0.6 is 22.6 Å². The second-order valence-electron chi connectivity index (χ2n) is 1.89. The van der Waals surface area contributed by atoms with Crippen LogP contribution in [0.4, 0.5) is 0 Å². The molecule has 0 saturated heterocycles. The molecule has 0 radical (unpaired) electrons. The maximum Gasteiger partial charge on any atom is 0.139 e. The lowest BCUT2D eigenvalue weighted by atomic mass is 10.2. The summed E-state index contributed by atoms with van der Waals surface area (Å²) in [7, 11) is 0. The van der Waals surface area contributed by atoms with Crippen LogP contribution in [0.25, 0.3) is 0 Å². The van der Waals surface area contributed by atoms with Crippen molar-refractivity contribution in [1.29, 1.82) is 5.26 Å². The summed E-state index contributed by atoms with van der Waals surface area (Å²) in [5.74, 6) is 0.749. The molecule has 1 rings (SSSR count). The predicted molar refractivity (Wildman–Crippen MR) is 50.7 cm³/mol. The second-order valence-corrected chi connectivity index (χ2v) is 2.52. The number of nitrogens with zero attached hydrogens (tertiary/aromatic N) is 1. The van der Waals surface area contributed by atoms with E-state index >= 15 is 0 Å². The summed E-state index contributed by atoms with van der Waals surface area (Å²) < 4.78 is 5.79. The van der Waals surface area contributed by atoms with Crippen LogP contribution in [0.15, 0.2) is 24.3 Å². The summed E-state index contributed by atoms with van der Waals surface area (Å²) in [5, 5.41) is 8.52. The van der Waals surface area contributed by atoms with Crippen molar-refractivity contribution >= 4 is 22.6 Å². The van der Waals surface area contributed by atoms with Gasteiger partial charge in [-0.3, -0.25) is 0 Å². The topological polar surface area (TPSA) is 33.0 Å². The van der Waals surface area contributed by atoms with Gasteiger partial charge < -0.3 is 4.74 Å². The third-order valence-electron chi connectivity index (χ3n) is 1.18. The highest BCUT2D eigenvalue weighted by atomic mass is 127. The SMILES string of the molecule is N#Cc1cccc(OCI)c1. The Morgan fingerprint density at radius 2 is 2.36 bits per heavy atom. The maximum absolute atomic E-state index is 8.52. The summed E-state index contributed by atoms with van der Waals surface area (Å²) >= 11 is 2.11. The van der Waals surface area contributed by atoms with Gasteiger partial charge in [-0.15, -0.1) is 0 Å². The van der Waals surface area contributed by atoms with E-state index in [1.54, 1.807) is 18.2 Å². The summed E-state index contributed by atoms with van der Waals surface area (Å²) in [6.07, 6.45) is 0. The van der Waals surface area contributed by atoms with E-state index in [-0.39, 0.29) is 0 Å². The minimum absolute atomic E-state index is 0.604. The molecule has 0 aliphatic carbocycles. The van der Waals surface area contributed by atoms with Gasteiger partial charge in [0.15, 0.2) is 0 Å². The molecule has 0 N–H and O–H groups in total. The highest BCUT2D eigenvalue weighted by Gasteiger charge is 1.92. The molecule has 1 aromatic rings. The molecule has 0 atom stereocenters. The predicted octanol–water partition coefficient (Wildman–Crippen LogP) is 2.33. The van der Waals surface area contributed by atoms with Crippen LogP contribution in [0.1, 0.15) is 5.56 Å². The molecule has 0 bridgehead atoms. The molecule has 0 spiro atoms. The Kier molecular flexibility index (Phi) is 3.17. The van der Waals surface area contributed by atoms with Crippen LogP contribution in [0, 0.1) is 11.3 Å². The summed E-state index contributed by atoms with van der Waals surface area (Å²) in [5.41, 5.74) is 0.632. The first-order chi connectivity index (χ1) is 5.36. The van der Waals surface area contributed by atoms with Crippen LogP contribution < -0.4 is 4.74 Å². The number of alkyl halides is 1. The van der Waals surface area contributed by atoms with Gasteiger partial charge in [-0.05, 0) is 40.8 Å². The van der Waals surface area contributed by atoms with E-state index < -0.39 is 0 Å². The van der Waals surface area contributed by atoms with E-state index in [2.05, 4.69) is 22.6 Å². The largest absolute Gasteiger partial charge is 0.483 e. The zero-order chi connectivity index (χ0) is 8.10. The molecule has 0 aromatic heterocycles. The van der Waals surface area contributed by atoms with Crippen molar-refractivity contribution in [2.75, 3.05) is 4.61 Å². The van der Waals surface area contributed by atoms with E-state index in [0.29, 0.717) is 10.2 Å². The smallest absolute Gasteiger partial charge is 0.139 e. The minimum atomic E-state index is 0.604. The summed E-state index contributed by atoms with van der Waals surface area (Å²) in [6.45, 7) is 0. The van der Waals surface area contributed by atoms with Crippen LogP contribution in [0.2, 0.25) is 0 Å². The zero-order valence-corrected chi connectivity index (χ0v) is 7.91. The standard InChI is InChI=1S/C8H6INO/c9-6-11-8-3-1-2-7(4-8)5-10/h1-4H,6H2. The zero-order valence-electron chi connectivity index (χ0n) is 5.75. The molecule has 0 amide bonds. The highest BCUT2D eigenvalue weighted by Crippen LogP contribution is 2.12. The number of benzene rings is 1. The molecule has 11 heavy (non-hydrogen) atoms. The number of nitriles is 1. The lowest BCUT2D eigenvalue weighted by molar-refractivity contribution is 0.404. The van der Waals surface area contributed by atoms with Crippen molar-refractivity contribution in [3.05, 3.63) is 29.8 Å². The molecule has 0 fully saturated rings. The third kappa shape index (κ3) is 2.39. The first-order valence-electron chi connectivity index (χ1n) is 3.06. The second kappa shape index (κ2) is 4.19. The molecule has 56 valence electrons. The van der Waals surface area contributed by atoms with Gasteiger partial charge in [-0.25, -0.2) is 0 Å². The Morgan fingerprint density at radius 1 is 1.55 bits per heavy atom. The molecule has 0 saturated carbocycles. The Balaban J connectivity index is 2.85. The lowest BCUT2D eigenvalue weighted by Crippen LogP contribution is -1.87. The molecule has 3 heteroatoms. The van der Waals surface area contributed by atoms with Crippen molar-refractivity contribution in [3.63, 3.8) is 0 Å². The van der Waals surface area contributed by atoms with Crippen molar-refractivity contribution in [2.24, 2.45) is 0 Å². The molecule has 0 unspecified atom stereocenters. The van der Waals surface area contributed by atoms with Gasteiger partial charge in [-0.1, -0.05) is 6.07 Å². The highest BCUT2D eigenvalue weighted by molar-refractivity contribution is 14.1. The van der Waals surface area contributed by atoms with Crippen molar-refractivity contribution < 1.29 is 4.74 Å². The number of hydrogen-bond donors (Lipinski definition) is 0. The first-order valence-corrected chi connectivity index (χ1v) is 4.58. The fourth-order valence-electron chi connectivity index (χ4n) is 0.718. The molecule has 0 aliphatic heterocycles. The van der Waals surface area contributed by atoms with Gasteiger partial charge in [0.05, 0.1) is 11.6 Å². The van der Waals surface area contributed by atoms with Crippen molar-refractivity contribution in [1.82, 2.24) is 0 Å². The van der Waals surface area contributed by atoms with Gasteiger partial charge in [0, 0.05) is 0 Å². The summed E-state index contributed by atoms with van der Waals surface area (Å²) in [4.78, 5) is 0. The van der Waals surface area contributed by atoms with Crippen molar-refractivity contribution in [2.45, 2.75) is 0 Å². The normalized spacial score (nSPS) is 8.73. The quantitative estimate of drug-likeness (QED) is 0.603. The first kappa shape index (κ1) is 8.34. The molecule has 0 heterocycles. The molecule has 1 aromatic carbocycles. The number of rotatable bonds is 2. The van der Waals surface area contributed by atoms with Gasteiger partial charge in [0.1, 0.15) is 10.4 Å². The van der Waals surface area contributed by atoms with E-state index in [9.17, 15) is 0 Å². The van der Waals surface area contributed by atoms with Crippen LogP contribution in [0.5, 0.6) is 5.75 Å². The van der Waals surface area contributed by atoms with Gasteiger partial charge in [0.25, 0.3) is 0 Å². The van der Waals surface area contributed by atoms with Crippen LogP contribution in [-0.2, 0) is 0 Å². The Morgan fingerprint density at radius 3 is 3.00 bits per heavy atom. The Bertz CT molecular complexity index is 280. The molecular weight excluding hydrogens is 253 g/mol. The number of halogens is 1. The Labute approximate surface area is 78.9 Å². The third-order valence-corrected chi connectivity index (χ3v) is 1.50.